The SMILES string of the molecule is CC(C(=O)N(C)C)c1ccc(-c2ccc3c(c2)ncn3-c2cccc(NC(=O)CCC(F)(F)F)c2)cc1. The maximum Gasteiger partial charge on any atom is 0.389 e. The van der Waals surface area contributed by atoms with Gasteiger partial charge in [0.15, 0.2) is 0 Å². The molecule has 0 fully saturated rings. The van der Waals surface area contributed by atoms with E-state index in [2.05, 4.69) is 10.3 Å². The number of fused-ring (bicyclic) bond motifs is 1. The topological polar surface area (TPSA) is 67.2 Å². The van der Waals surface area contributed by atoms with Gasteiger partial charge in [-0.1, -0.05) is 36.4 Å². The molecule has 4 rings (SSSR count). The normalized spacial score (nSPS) is 12.4. The van der Waals surface area contributed by atoms with Gasteiger partial charge in [0.2, 0.25) is 11.8 Å². The van der Waals surface area contributed by atoms with Crippen molar-refractivity contribution in [3.8, 4) is 16.8 Å². The summed E-state index contributed by atoms with van der Waals surface area (Å²) in [7, 11) is 3.49. The number of aromatic nitrogens is 2. The highest BCUT2D eigenvalue weighted by atomic mass is 19.4. The number of rotatable bonds is 7. The van der Waals surface area contributed by atoms with E-state index in [9.17, 15) is 22.8 Å². The fourth-order valence-electron chi connectivity index (χ4n) is 4.10. The predicted octanol–water partition coefficient (Wildman–Crippen LogP) is 6.17. The van der Waals surface area contributed by atoms with E-state index < -0.39 is 24.9 Å². The molecule has 0 aliphatic rings. The van der Waals surface area contributed by atoms with Gasteiger partial charge in [0, 0.05) is 31.9 Å². The largest absolute Gasteiger partial charge is 0.389 e. The number of benzene rings is 3. The fourth-order valence-corrected chi connectivity index (χ4v) is 4.10. The molecule has 1 unspecified atom stereocenters. The summed E-state index contributed by atoms with van der Waals surface area (Å²) in [6, 6.07) is 20.6. The van der Waals surface area contributed by atoms with Crippen LogP contribution in [0.3, 0.4) is 0 Å². The van der Waals surface area contributed by atoms with Crippen molar-refractivity contribution in [2.75, 3.05) is 19.4 Å². The van der Waals surface area contributed by atoms with E-state index in [0.717, 1.165) is 27.7 Å². The number of alkyl halides is 3. The number of amides is 2. The minimum Gasteiger partial charge on any atom is -0.348 e. The van der Waals surface area contributed by atoms with E-state index >= 15 is 0 Å². The Morgan fingerprint density at radius 1 is 1.00 bits per heavy atom. The van der Waals surface area contributed by atoms with Crippen LogP contribution >= 0.6 is 0 Å². The standard InChI is InChI=1S/C28H27F3N4O2/c1-18(27(37)34(2)3)19-7-9-20(10-8-19)21-11-12-25-24(15-21)32-17-35(25)23-6-4-5-22(16-23)33-26(36)13-14-28(29,30)31/h4-12,15-18H,13-14H2,1-3H3,(H,33,36). The zero-order valence-corrected chi connectivity index (χ0v) is 20.7. The van der Waals surface area contributed by atoms with Crippen LogP contribution < -0.4 is 5.32 Å². The molecular weight excluding hydrogens is 481 g/mol. The first-order chi connectivity index (χ1) is 17.5. The van der Waals surface area contributed by atoms with Crippen molar-refractivity contribution in [1.82, 2.24) is 14.5 Å². The molecule has 0 saturated heterocycles. The fraction of sp³-hybridized carbons (Fsp3) is 0.250. The maximum absolute atomic E-state index is 12.4. The lowest BCUT2D eigenvalue weighted by Gasteiger charge is -2.17. The number of carbonyl (C=O) groups excluding carboxylic acids is 2. The van der Waals surface area contributed by atoms with Gasteiger partial charge in [0.05, 0.1) is 23.4 Å². The molecule has 0 saturated carbocycles. The van der Waals surface area contributed by atoms with Crippen LogP contribution in [0.15, 0.2) is 73.1 Å². The molecule has 192 valence electrons. The van der Waals surface area contributed by atoms with Gasteiger partial charge in [-0.15, -0.1) is 0 Å². The van der Waals surface area contributed by atoms with E-state index in [-0.39, 0.29) is 11.8 Å². The molecule has 0 bridgehead atoms. The third kappa shape index (κ3) is 6.17. The van der Waals surface area contributed by atoms with E-state index in [1.54, 1.807) is 43.5 Å². The van der Waals surface area contributed by atoms with Gasteiger partial charge in [-0.3, -0.25) is 14.2 Å². The Labute approximate surface area is 212 Å². The second-order valence-corrected chi connectivity index (χ2v) is 9.11. The van der Waals surface area contributed by atoms with Crippen LogP contribution in [0.2, 0.25) is 0 Å². The molecule has 1 N–H and O–H groups in total. The van der Waals surface area contributed by atoms with Crippen molar-refractivity contribution in [2.24, 2.45) is 0 Å². The number of nitrogens with one attached hydrogen (secondary N) is 1. The van der Waals surface area contributed by atoms with Crippen molar-refractivity contribution >= 4 is 28.5 Å². The van der Waals surface area contributed by atoms with Crippen molar-refractivity contribution in [1.29, 1.82) is 0 Å². The molecule has 1 heterocycles. The molecule has 1 atom stereocenters. The zero-order valence-electron chi connectivity index (χ0n) is 20.7. The Morgan fingerprint density at radius 2 is 1.70 bits per heavy atom. The molecule has 4 aromatic rings. The van der Waals surface area contributed by atoms with Crippen LogP contribution in [0, 0.1) is 0 Å². The Kier molecular flexibility index (Phi) is 7.33. The molecule has 6 nitrogen and oxygen atoms in total. The third-order valence-corrected chi connectivity index (χ3v) is 6.15. The van der Waals surface area contributed by atoms with Crippen LogP contribution in [0.5, 0.6) is 0 Å². The first-order valence-corrected chi connectivity index (χ1v) is 11.8. The van der Waals surface area contributed by atoms with Crippen molar-refractivity contribution < 1.29 is 22.8 Å². The van der Waals surface area contributed by atoms with Crippen molar-refractivity contribution in [2.45, 2.75) is 31.9 Å². The Hall–Kier alpha value is -4.14. The van der Waals surface area contributed by atoms with Crippen LogP contribution in [0.1, 0.15) is 31.2 Å². The van der Waals surface area contributed by atoms with Crippen LogP contribution in [0.25, 0.3) is 27.8 Å². The molecule has 37 heavy (non-hydrogen) atoms. The summed E-state index contributed by atoms with van der Waals surface area (Å²) in [6.45, 7) is 1.89. The van der Waals surface area contributed by atoms with Crippen molar-refractivity contribution in [3.05, 3.63) is 78.6 Å². The molecule has 0 spiro atoms. The summed E-state index contributed by atoms with van der Waals surface area (Å²) in [5.74, 6) is -0.877. The van der Waals surface area contributed by atoms with Crippen LogP contribution in [-0.4, -0.2) is 46.5 Å². The number of nitrogens with zero attached hydrogens (tertiary/aromatic N) is 3. The number of hydrogen-bond acceptors (Lipinski definition) is 3. The van der Waals surface area contributed by atoms with Gasteiger partial charge in [0.25, 0.3) is 0 Å². The Morgan fingerprint density at radius 3 is 2.38 bits per heavy atom. The lowest BCUT2D eigenvalue weighted by molar-refractivity contribution is -0.142. The van der Waals surface area contributed by atoms with Gasteiger partial charge in [0.1, 0.15) is 6.33 Å². The number of carbonyl (C=O) groups is 2. The predicted molar refractivity (Wildman–Crippen MR) is 138 cm³/mol. The average molecular weight is 509 g/mol. The highest BCUT2D eigenvalue weighted by Gasteiger charge is 2.27. The molecule has 0 radical (unpaired) electrons. The average Bonchev–Trinajstić information content (AvgIpc) is 3.30. The van der Waals surface area contributed by atoms with Gasteiger partial charge in [-0.05, 0) is 53.9 Å². The minimum absolute atomic E-state index is 0.0460. The summed E-state index contributed by atoms with van der Waals surface area (Å²) in [4.78, 5) is 30.3. The van der Waals surface area contributed by atoms with E-state index in [1.807, 2.05) is 60.0 Å². The van der Waals surface area contributed by atoms with Crippen molar-refractivity contribution in [3.63, 3.8) is 0 Å². The summed E-state index contributed by atoms with van der Waals surface area (Å²) in [5.41, 5.74) is 5.63. The molecule has 0 aliphatic carbocycles. The maximum atomic E-state index is 12.4. The van der Waals surface area contributed by atoms with Crippen LogP contribution in [-0.2, 0) is 9.59 Å². The summed E-state index contributed by atoms with van der Waals surface area (Å²) < 4.78 is 39.0. The Bertz CT molecular complexity index is 1430. The molecule has 3 aromatic carbocycles. The van der Waals surface area contributed by atoms with Gasteiger partial charge in [-0.25, -0.2) is 4.98 Å². The highest BCUT2D eigenvalue weighted by Crippen LogP contribution is 2.28. The van der Waals surface area contributed by atoms with E-state index in [0.29, 0.717) is 11.4 Å². The highest BCUT2D eigenvalue weighted by molar-refractivity contribution is 5.91. The van der Waals surface area contributed by atoms with E-state index in [1.165, 1.54) is 0 Å². The summed E-state index contributed by atoms with van der Waals surface area (Å²) in [6.07, 6.45) is -4.50. The second kappa shape index (κ2) is 10.5. The second-order valence-electron chi connectivity index (χ2n) is 9.11. The number of likely N-dealkylation sites (N-methyl/N-ethyl adjacent to an activating group) is 1. The molecule has 9 heteroatoms. The molecule has 1 aromatic heterocycles. The molecular formula is C28H27F3N4O2. The zero-order chi connectivity index (χ0) is 26.7. The lowest BCUT2D eigenvalue weighted by atomic mass is 9.96. The molecule has 0 aliphatic heterocycles. The van der Waals surface area contributed by atoms with Gasteiger partial charge >= 0.3 is 6.18 Å². The van der Waals surface area contributed by atoms with Gasteiger partial charge < -0.3 is 10.2 Å². The smallest absolute Gasteiger partial charge is 0.348 e. The number of halogens is 3. The number of hydrogen-bond donors (Lipinski definition) is 1. The number of imidazole rings is 1. The van der Waals surface area contributed by atoms with E-state index in [4.69, 9.17) is 0 Å². The third-order valence-electron chi connectivity index (χ3n) is 6.15. The lowest BCUT2D eigenvalue weighted by Crippen LogP contribution is -2.26. The minimum atomic E-state index is -4.38. The van der Waals surface area contributed by atoms with Gasteiger partial charge in [-0.2, -0.15) is 13.2 Å². The van der Waals surface area contributed by atoms with Crippen LogP contribution in [0.4, 0.5) is 18.9 Å². The monoisotopic (exact) mass is 508 g/mol. The summed E-state index contributed by atoms with van der Waals surface area (Å²) in [5, 5.41) is 2.52. The molecule has 2 amide bonds. The first kappa shape index (κ1) is 25.9. The Balaban J connectivity index is 1.53. The number of anilines is 1. The quantitative estimate of drug-likeness (QED) is 0.325. The first-order valence-electron chi connectivity index (χ1n) is 11.8. The summed E-state index contributed by atoms with van der Waals surface area (Å²) >= 11 is 0.